The Morgan fingerprint density at radius 3 is 0.806 bits per heavy atom. The van der Waals surface area contributed by atoms with E-state index in [1.807, 2.05) is 0 Å². The maximum absolute atomic E-state index is 12.8. The van der Waals surface area contributed by atoms with Gasteiger partial charge in [-0.2, -0.15) is 0 Å². The molecule has 14 heteroatoms. The van der Waals surface area contributed by atoms with E-state index in [0.717, 1.165) is 193 Å². The molecule has 0 aromatic heterocycles. The molecule has 0 radical (unpaired) electrons. The zero-order valence-corrected chi connectivity index (χ0v) is 89.6. The van der Waals surface area contributed by atoms with Crippen LogP contribution in [0.2, 0.25) is 0 Å². The predicted octanol–water partition coefficient (Wildman–Crippen LogP) is 26.6. The highest BCUT2D eigenvalue weighted by molar-refractivity contribution is 5.79. The number of carboxylic acids is 4. The van der Waals surface area contributed by atoms with Crippen LogP contribution in [0, 0.1) is 214 Å². The first-order valence-corrected chi connectivity index (χ1v) is 55.5. The zero-order valence-electron chi connectivity index (χ0n) is 89.6. The van der Waals surface area contributed by atoms with Gasteiger partial charge >= 0.3 is 23.9 Å². The van der Waals surface area contributed by atoms with Crippen LogP contribution in [0.3, 0.4) is 0 Å². The number of allylic oxidation sites excluding steroid dienone is 8. The number of hydrogen-bond acceptors (Lipinski definition) is 10. The topological polar surface area (TPSA) is 271 Å². The Morgan fingerprint density at radius 2 is 0.515 bits per heavy atom. The number of aliphatic carboxylic acids is 4. The number of rotatable bonds is 4. The van der Waals surface area contributed by atoms with E-state index < -0.39 is 70.0 Å². The van der Waals surface area contributed by atoms with E-state index >= 15 is 0 Å². The van der Waals surface area contributed by atoms with Gasteiger partial charge in [-0.1, -0.05) is 240 Å². The Kier molecular flexibility index (Phi) is 24.4. The molecule has 0 aromatic carbocycles. The highest BCUT2D eigenvalue weighted by Gasteiger charge is 2.77. The lowest BCUT2D eigenvalue weighted by Crippen LogP contribution is -2.67. The summed E-state index contributed by atoms with van der Waals surface area (Å²) in [4.78, 5) is 51.1. The Bertz CT molecular complexity index is 4750. The van der Waals surface area contributed by atoms with E-state index in [1.54, 1.807) is 0 Å². The van der Waals surface area contributed by atoms with Crippen molar-refractivity contribution in [2.75, 3.05) is 0 Å². The fraction of sp³-hybridized carbons (Fsp3) is 0.900. The van der Waals surface area contributed by atoms with E-state index in [9.17, 15) is 70.2 Å². The van der Waals surface area contributed by atoms with Gasteiger partial charge in [-0.05, 0) is 423 Å². The smallest absolute Gasteiger partial charge is 0.310 e. The van der Waals surface area contributed by atoms with Gasteiger partial charge in [0.25, 0.3) is 0 Å². The van der Waals surface area contributed by atoms with Gasteiger partial charge in [0.05, 0.1) is 58.3 Å². The highest BCUT2D eigenvalue weighted by atomic mass is 16.4. The molecule has 20 aliphatic carbocycles. The molecule has 0 saturated heterocycles. The number of fused-ring (bicyclic) bond motifs is 28. The van der Waals surface area contributed by atoms with Crippen LogP contribution in [0.25, 0.3) is 0 Å². The normalized spacial score (nSPS) is 54.4. The number of carbonyl (C=O) groups is 4. The van der Waals surface area contributed by atoms with Crippen molar-refractivity contribution in [1.82, 2.24) is 0 Å². The van der Waals surface area contributed by atoms with E-state index in [0.29, 0.717) is 83.9 Å². The minimum atomic E-state index is -0.679. The average Bonchev–Trinajstić information content (AvgIpc) is 0.682. The summed E-state index contributed by atoms with van der Waals surface area (Å²) in [6.07, 6.45) is 42.2. The van der Waals surface area contributed by atoms with Crippen molar-refractivity contribution in [1.29, 1.82) is 0 Å². The quantitative estimate of drug-likeness (QED) is 0.117. The van der Waals surface area contributed by atoms with Crippen LogP contribution in [0.4, 0.5) is 0 Å². The van der Waals surface area contributed by atoms with Gasteiger partial charge in [0.15, 0.2) is 0 Å². The number of carboxylic acid groups (broad SMARTS) is 4. The molecule has 756 valence electrons. The Hall–Kier alpha value is -3.40. The van der Waals surface area contributed by atoms with Crippen LogP contribution in [-0.2, 0) is 19.2 Å². The monoisotopic (exact) mass is 1860 g/mol. The minimum Gasteiger partial charge on any atom is -0.481 e. The largest absolute Gasteiger partial charge is 0.481 e. The summed E-state index contributed by atoms with van der Waals surface area (Å²) < 4.78 is 0. The SMILES string of the molecule is CC1(C)CC[C@]2(C(=O)O)CC[C@]3(C)C(=CCC4[C@@]5(C)CC[C@H](O)C(C)(C)C5CC[C@]43C)C2C1.CC1(C)CC[C@]2(C(=O)O)CC[C@]3(C)C(=CCC4[C@@]5(C)C[C@@H](O)[C@H](O)C(C)(C)C5CC[C@]43C)C2C1.C[C@@H]1CC[C@]2(C(=O)O)CC[C@]3(C)C(=CCC4[C@@]5(C)CC[C@H](O)C(C)(C)C5CC[C@]43C)C2[C@H]1C.C[C@@H]1CC[C@]2(C(=O)O)CC[C@]3(C)C(=CCC4[C@@]5(C)C[C@@H](O)[C@H](O)C(C)(C)C5CC[C@]43C)C2[C@H]1C. The van der Waals surface area contributed by atoms with Crippen molar-refractivity contribution < 1.29 is 70.2 Å². The molecule has 0 aromatic rings. The van der Waals surface area contributed by atoms with Gasteiger partial charge in [0.1, 0.15) is 0 Å². The summed E-state index contributed by atoms with van der Waals surface area (Å²) in [5.74, 6) is 4.30. The molecule has 14 nitrogen and oxygen atoms in total. The van der Waals surface area contributed by atoms with E-state index in [-0.39, 0.29) is 133 Å². The van der Waals surface area contributed by atoms with Crippen molar-refractivity contribution in [3.05, 3.63) is 46.6 Å². The molecule has 20 rings (SSSR count). The van der Waals surface area contributed by atoms with Gasteiger partial charge in [-0.3, -0.25) is 19.2 Å². The second kappa shape index (κ2) is 32.1. The number of aliphatic hydroxyl groups excluding tert-OH is 6. The molecule has 0 spiro atoms. The molecule has 134 heavy (non-hydrogen) atoms. The Labute approximate surface area is 811 Å². The van der Waals surface area contributed by atoms with E-state index in [1.165, 1.54) is 48.0 Å². The van der Waals surface area contributed by atoms with Crippen LogP contribution in [0.15, 0.2) is 46.6 Å². The molecular formula is C120H192O14. The molecule has 16 fully saturated rings. The van der Waals surface area contributed by atoms with Gasteiger partial charge < -0.3 is 51.1 Å². The molecule has 0 aliphatic heterocycles. The lowest BCUT2D eigenvalue weighted by atomic mass is 9.33. The van der Waals surface area contributed by atoms with Gasteiger partial charge in [-0.25, -0.2) is 0 Å². The molecule has 0 amide bonds. The highest BCUT2D eigenvalue weighted by Crippen LogP contribution is 2.83. The lowest BCUT2D eigenvalue weighted by Gasteiger charge is -2.71. The summed E-state index contributed by atoms with van der Waals surface area (Å²) in [7, 11) is 0. The third kappa shape index (κ3) is 13.4. The fourth-order valence-corrected chi connectivity index (χ4v) is 43.2. The molecule has 10 N–H and O–H groups in total. The molecular weight excluding hydrogens is 1670 g/mol. The Balaban J connectivity index is 0.000000124. The minimum absolute atomic E-state index is 0.00785. The first-order valence-electron chi connectivity index (χ1n) is 55.5. The van der Waals surface area contributed by atoms with Gasteiger partial charge in [-0.15, -0.1) is 0 Å². The number of hydrogen-bond donors (Lipinski definition) is 10. The molecule has 16 saturated carbocycles. The average molecular weight is 1860 g/mol. The third-order valence-corrected chi connectivity index (χ3v) is 52.8. The second-order valence-corrected chi connectivity index (χ2v) is 59.4. The van der Waals surface area contributed by atoms with Crippen LogP contribution in [0.1, 0.15) is 425 Å². The zero-order chi connectivity index (χ0) is 98.6. The van der Waals surface area contributed by atoms with Gasteiger partial charge in [0, 0.05) is 0 Å². The summed E-state index contributed by atoms with van der Waals surface area (Å²) in [6.45, 7) is 66.5. The maximum Gasteiger partial charge on any atom is 0.310 e. The van der Waals surface area contributed by atoms with E-state index in [4.69, 9.17) is 0 Å². The maximum atomic E-state index is 12.8. The standard InChI is InChI=1S/2C30H48O4.2C30H48O3/c1-17-10-13-30(25(33)34)15-14-28(6)19(23(30)18(17)2)8-9-22-27(5)16-20(31)24(32)26(3,4)21(27)11-12-29(22,28)7;1-25(2)12-14-30(24(33)34)15-13-28(6)18(19(30)16-25)8-9-22-27(5)17-20(31)23(32)26(3,4)21(27)10-11-29(22,28)7;1-18-10-15-30(25(32)33)17-16-28(6)20(24(30)19(18)2)8-9-22-27(5)13-12-23(31)26(3,4)21(27)11-14-29(22,28)7;1-25(2)14-16-30(24(32)33)17-15-28(6)19(20(30)18-25)8-9-22-27(5)12-11-23(31)26(3,4)21(27)10-13-29(22,28)7/h8,17-18,20-24,31-32H,9-16H2,1-7H3,(H,33,34);8,19-23,31-32H,9-17H2,1-7H3,(H,33,34);8,18-19,21-24,31H,9-17H2,1-7H3,(H,32,33);8,20-23,31H,9-18H2,1-7H3,(H,32,33)/t17-,18+,20-,21?,22?,23?,24+,27+,28-,29-,30+;19?,20-,21?,22?,23+,27+,28-,29-,30+;18-,19+,21?,22?,23+,24?,27+,28-,29-,30+;20?,21?,22?,23-,27-,28+,29+,30-/m1110/s1. The van der Waals surface area contributed by atoms with Crippen molar-refractivity contribution >= 4 is 23.9 Å². The van der Waals surface area contributed by atoms with Crippen molar-refractivity contribution in [2.45, 2.75) is 462 Å². The Morgan fingerprint density at radius 1 is 0.261 bits per heavy atom. The summed E-state index contributed by atoms with van der Waals surface area (Å²) in [5.41, 5.74) is 4.46. The molecule has 20 aliphatic rings. The molecule has 12 unspecified atom stereocenters. The first kappa shape index (κ1) is 102. The predicted molar refractivity (Wildman–Crippen MR) is 533 cm³/mol. The first-order chi connectivity index (χ1) is 61.6. The van der Waals surface area contributed by atoms with Gasteiger partial charge in [0.2, 0.25) is 0 Å². The van der Waals surface area contributed by atoms with Crippen molar-refractivity contribution in [3.8, 4) is 0 Å². The summed E-state index contributed by atoms with van der Waals surface area (Å²) in [6, 6.07) is 0. The van der Waals surface area contributed by atoms with Crippen LogP contribution in [0.5, 0.6) is 0 Å². The third-order valence-electron chi connectivity index (χ3n) is 52.8. The fourth-order valence-electron chi connectivity index (χ4n) is 43.2. The second-order valence-electron chi connectivity index (χ2n) is 59.4. The number of aliphatic hydroxyl groups is 6. The van der Waals surface area contributed by atoms with Crippen LogP contribution < -0.4 is 0 Å². The van der Waals surface area contributed by atoms with Crippen LogP contribution in [-0.4, -0.2) is 112 Å². The summed E-state index contributed by atoms with van der Waals surface area (Å²) >= 11 is 0. The molecule has 38 atom stereocenters. The van der Waals surface area contributed by atoms with Crippen LogP contribution >= 0.6 is 0 Å². The summed E-state index contributed by atoms with van der Waals surface area (Å²) in [5, 5.41) is 108. The molecule has 0 bridgehead atoms. The molecule has 0 heterocycles. The van der Waals surface area contributed by atoms with Crippen molar-refractivity contribution in [3.63, 3.8) is 0 Å². The van der Waals surface area contributed by atoms with Crippen molar-refractivity contribution in [2.24, 2.45) is 214 Å². The lowest BCUT2D eigenvalue weighted by molar-refractivity contribution is -0.232. The van der Waals surface area contributed by atoms with E-state index in [2.05, 4.69) is 218 Å².